The van der Waals surface area contributed by atoms with Crippen LogP contribution in [0.1, 0.15) is 59.8 Å². The van der Waals surface area contributed by atoms with E-state index in [1.54, 1.807) is 20.8 Å². The molecule has 1 aliphatic heterocycles. The Morgan fingerprint density at radius 3 is 2.36 bits per heavy atom. The molecule has 5 nitrogen and oxygen atoms in total. The molecule has 1 N–H and O–H groups in total. The molecule has 1 radical (unpaired) electrons. The van der Waals surface area contributed by atoms with Crippen molar-refractivity contribution < 1.29 is 14.3 Å². The summed E-state index contributed by atoms with van der Waals surface area (Å²) in [5, 5.41) is 2.70. The van der Waals surface area contributed by atoms with Gasteiger partial charge >= 0.3 is 6.09 Å². The Balaban J connectivity index is 2.58. The molecule has 1 heterocycles. The van der Waals surface area contributed by atoms with Gasteiger partial charge in [0.25, 0.3) is 0 Å². The Morgan fingerprint density at radius 1 is 1.32 bits per heavy atom. The third-order valence-electron chi connectivity index (χ3n) is 3.99. The molecule has 0 spiro atoms. The Bertz CT molecular complexity index is 369. The standard InChI is InChI=1S/C17H31N2O3/c1-6-8-14(18-16(21)22-17(3,4)5)15(20)19-11-9-13(7-2)10-12-19/h13-14H,1,6-12H2,2-5H3,(H,18,21)/t14-/m0/s1. The first-order chi connectivity index (χ1) is 10.3. The molecule has 0 aromatic carbocycles. The maximum absolute atomic E-state index is 12.6. The molecular weight excluding hydrogens is 280 g/mol. The van der Waals surface area contributed by atoms with E-state index in [1.165, 1.54) is 6.42 Å². The summed E-state index contributed by atoms with van der Waals surface area (Å²) in [6.45, 7) is 13.0. The number of likely N-dealkylation sites (tertiary alicyclic amines) is 1. The van der Waals surface area contributed by atoms with E-state index in [2.05, 4.69) is 19.2 Å². The van der Waals surface area contributed by atoms with Gasteiger partial charge in [0, 0.05) is 13.1 Å². The van der Waals surface area contributed by atoms with Crippen LogP contribution in [0.3, 0.4) is 0 Å². The highest BCUT2D eigenvalue weighted by Crippen LogP contribution is 2.21. The maximum Gasteiger partial charge on any atom is 0.408 e. The molecule has 1 saturated heterocycles. The molecule has 0 saturated carbocycles. The lowest BCUT2D eigenvalue weighted by atomic mass is 9.94. The highest BCUT2D eigenvalue weighted by atomic mass is 16.6. The zero-order valence-electron chi connectivity index (χ0n) is 14.5. The second-order valence-corrected chi connectivity index (χ2v) is 7.02. The van der Waals surface area contributed by atoms with Crippen molar-refractivity contribution in [3.05, 3.63) is 6.92 Å². The third-order valence-corrected chi connectivity index (χ3v) is 3.99. The molecule has 0 unspecified atom stereocenters. The van der Waals surface area contributed by atoms with E-state index in [1.807, 2.05) is 4.90 Å². The van der Waals surface area contributed by atoms with Crippen LogP contribution in [-0.4, -0.2) is 41.6 Å². The first-order valence-electron chi connectivity index (χ1n) is 8.34. The van der Waals surface area contributed by atoms with Crippen LogP contribution >= 0.6 is 0 Å². The van der Waals surface area contributed by atoms with Crippen LogP contribution in [0.15, 0.2) is 0 Å². The van der Waals surface area contributed by atoms with Gasteiger partial charge in [0.05, 0.1) is 0 Å². The fourth-order valence-electron chi connectivity index (χ4n) is 2.69. The van der Waals surface area contributed by atoms with E-state index in [4.69, 9.17) is 4.74 Å². The maximum atomic E-state index is 12.6. The summed E-state index contributed by atoms with van der Waals surface area (Å²) in [5.41, 5.74) is -0.568. The number of nitrogens with zero attached hydrogens (tertiary/aromatic N) is 1. The third kappa shape index (κ3) is 6.24. The molecule has 0 aromatic rings. The summed E-state index contributed by atoms with van der Waals surface area (Å²) in [6, 6.07) is -0.537. The van der Waals surface area contributed by atoms with E-state index in [0.29, 0.717) is 18.8 Å². The summed E-state index contributed by atoms with van der Waals surface area (Å²) in [4.78, 5) is 26.4. The van der Waals surface area contributed by atoms with Crippen molar-refractivity contribution in [1.82, 2.24) is 10.2 Å². The molecule has 1 rings (SSSR count). The average Bonchev–Trinajstić information content (AvgIpc) is 2.44. The second-order valence-electron chi connectivity index (χ2n) is 7.02. The fourth-order valence-corrected chi connectivity index (χ4v) is 2.69. The molecule has 5 heteroatoms. The van der Waals surface area contributed by atoms with E-state index in [-0.39, 0.29) is 5.91 Å². The van der Waals surface area contributed by atoms with Crippen LogP contribution in [0.25, 0.3) is 0 Å². The quantitative estimate of drug-likeness (QED) is 0.848. The zero-order chi connectivity index (χ0) is 16.8. The summed E-state index contributed by atoms with van der Waals surface area (Å²) in [6.07, 6.45) is 3.85. The normalized spacial score (nSPS) is 18.0. The molecule has 1 fully saturated rings. The van der Waals surface area contributed by atoms with E-state index in [9.17, 15) is 9.59 Å². The van der Waals surface area contributed by atoms with Crippen molar-refractivity contribution in [3.63, 3.8) is 0 Å². The van der Waals surface area contributed by atoms with Crippen LogP contribution < -0.4 is 5.32 Å². The molecule has 0 aliphatic carbocycles. The molecule has 1 atom stereocenters. The van der Waals surface area contributed by atoms with Crippen LogP contribution in [-0.2, 0) is 9.53 Å². The summed E-state index contributed by atoms with van der Waals surface area (Å²) in [7, 11) is 0. The number of carbonyl (C=O) groups is 2. The first kappa shape index (κ1) is 18.8. The molecule has 0 aromatic heterocycles. The highest BCUT2D eigenvalue weighted by molar-refractivity contribution is 5.85. The van der Waals surface area contributed by atoms with E-state index >= 15 is 0 Å². The predicted octanol–water partition coefficient (Wildman–Crippen LogP) is 3.14. The zero-order valence-corrected chi connectivity index (χ0v) is 14.5. The van der Waals surface area contributed by atoms with Crippen molar-refractivity contribution in [3.8, 4) is 0 Å². The number of hydrogen-bond acceptors (Lipinski definition) is 3. The summed E-state index contributed by atoms with van der Waals surface area (Å²) in [5.74, 6) is 0.707. The van der Waals surface area contributed by atoms with Crippen molar-refractivity contribution in [2.45, 2.75) is 71.4 Å². The van der Waals surface area contributed by atoms with Gasteiger partial charge in [-0.2, -0.15) is 0 Å². The lowest BCUT2D eigenvalue weighted by Gasteiger charge is -2.34. The van der Waals surface area contributed by atoms with Gasteiger partial charge in [-0.15, -0.1) is 0 Å². The van der Waals surface area contributed by atoms with Gasteiger partial charge in [0.2, 0.25) is 5.91 Å². The van der Waals surface area contributed by atoms with Crippen molar-refractivity contribution in [2.24, 2.45) is 5.92 Å². The van der Waals surface area contributed by atoms with E-state index < -0.39 is 17.7 Å². The van der Waals surface area contributed by atoms with Gasteiger partial charge in [-0.1, -0.05) is 26.7 Å². The van der Waals surface area contributed by atoms with Crippen LogP contribution in [0.2, 0.25) is 0 Å². The Hall–Kier alpha value is -1.26. The molecule has 1 aliphatic rings. The highest BCUT2D eigenvalue weighted by Gasteiger charge is 2.29. The second kappa shape index (κ2) is 8.39. The smallest absolute Gasteiger partial charge is 0.408 e. The van der Waals surface area contributed by atoms with Crippen LogP contribution in [0.4, 0.5) is 4.79 Å². The van der Waals surface area contributed by atoms with Crippen LogP contribution in [0, 0.1) is 12.8 Å². The number of rotatable bonds is 5. The SMILES string of the molecule is [CH2]CC[C@H](NC(=O)OC(C)(C)C)C(=O)N1CCC(CC)CC1. The van der Waals surface area contributed by atoms with Crippen molar-refractivity contribution in [1.29, 1.82) is 0 Å². The number of ether oxygens (including phenoxy) is 1. The molecule has 127 valence electrons. The lowest BCUT2D eigenvalue weighted by molar-refractivity contribution is -0.135. The largest absolute Gasteiger partial charge is 0.444 e. The number of alkyl carbamates (subject to hydrolysis) is 1. The minimum atomic E-state index is -0.568. The number of hydrogen-bond donors (Lipinski definition) is 1. The molecular formula is C17H31N2O3. The summed E-state index contributed by atoms with van der Waals surface area (Å²) < 4.78 is 5.25. The van der Waals surface area contributed by atoms with Crippen molar-refractivity contribution >= 4 is 12.0 Å². The lowest BCUT2D eigenvalue weighted by Crippen LogP contribution is -2.51. The minimum Gasteiger partial charge on any atom is -0.444 e. The fraction of sp³-hybridized carbons (Fsp3) is 0.824. The minimum absolute atomic E-state index is 0.0101. The summed E-state index contributed by atoms with van der Waals surface area (Å²) >= 11 is 0. The Kier molecular flexibility index (Phi) is 7.17. The molecule has 2 amide bonds. The van der Waals surface area contributed by atoms with Gasteiger partial charge in [0.15, 0.2) is 0 Å². The number of carbonyl (C=O) groups excluding carboxylic acids is 2. The Morgan fingerprint density at radius 2 is 1.91 bits per heavy atom. The Labute approximate surface area is 134 Å². The van der Waals surface area contributed by atoms with E-state index in [0.717, 1.165) is 25.9 Å². The van der Waals surface area contributed by atoms with Crippen molar-refractivity contribution in [2.75, 3.05) is 13.1 Å². The monoisotopic (exact) mass is 311 g/mol. The van der Waals surface area contributed by atoms with Gasteiger partial charge in [-0.3, -0.25) is 4.79 Å². The molecule has 22 heavy (non-hydrogen) atoms. The van der Waals surface area contributed by atoms with Gasteiger partial charge in [0.1, 0.15) is 11.6 Å². The topological polar surface area (TPSA) is 58.6 Å². The number of amides is 2. The first-order valence-corrected chi connectivity index (χ1v) is 8.34. The predicted molar refractivity (Wildman–Crippen MR) is 87.3 cm³/mol. The number of piperidine rings is 1. The molecule has 0 bridgehead atoms. The number of nitrogens with one attached hydrogen (secondary N) is 1. The van der Waals surface area contributed by atoms with Gasteiger partial charge in [-0.05, 0) is 46.0 Å². The van der Waals surface area contributed by atoms with Gasteiger partial charge in [-0.25, -0.2) is 4.79 Å². The van der Waals surface area contributed by atoms with Gasteiger partial charge < -0.3 is 15.0 Å². The van der Waals surface area contributed by atoms with Crippen LogP contribution in [0.5, 0.6) is 0 Å². The average molecular weight is 311 g/mol.